The van der Waals surface area contributed by atoms with Crippen molar-refractivity contribution in [1.29, 1.82) is 0 Å². The van der Waals surface area contributed by atoms with Crippen LogP contribution in [-0.2, 0) is 19.0 Å². The van der Waals surface area contributed by atoms with Gasteiger partial charge in [0.2, 0.25) is 0 Å². The zero-order chi connectivity index (χ0) is 20.9. The van der Waals surface area contributed by atoms with Gasteiger partial charge in [0.1, 0.15) is 5.75 Å². The van der Waals surface area contributed by atoms with Crippen LogP contribution in [0.2, 0.25) is 0 Å². The minimum atomic E-state index is -0.0668. The molecule has 0 bridgehead atoms. The van der Waals surface area contributed by atoms with Crippen molar-refractivity contribution in [2.45, 2.75) is 45.6 Å². The van der Waals surface area contributed by atoms with E-state index in [9.17, 15) is 0 Å². The van der Waals surface area contributed by atoms with Gasteiger partial charge in [-0.25, -0.2) is 0 Å². The van der Waals surface area contributed by atoms with E-state index >= 15 is 0 Å². The number of aryl methyl sites for hydroxylation is 1. The second kappa shape index (κ2) is 9.13. The Bertz CT molecular complexity index is 807. The van der Waals surface area contributed by atoms with E-state index in [0.717, 1.165) is 30.5 Å². The number of benzene rings is 1. The average molecular weight is 386 g/mol. The van der Waals surface area contributed by atoms with Crippen LogP contribution in [0.15, 0.2) is 35.5 Å². The first-order chi connectivity index (χ1) is 13.2. The van der Waals surface area contributed by atoms with Gasteiger partial charge in [-0.05, 0) is 23.6 Å². The van der Waals surface area contributed by atoms with Crippen LogP contribution in [0.25, 0.3) is 0 Å². The first-order valence-electron chi connectivity index (χ1n) is 9.76. The summed E-state index contributed by atoms with van der Waals surface area (Å²) < 4.78 is 7.26. The summed E-state index contributed by atoms with van der Waals surface area (Å²) in [6.07, 6.45) is 2.10. The normalized spacial score (nSPS) is 12.4. The fraction of sp³-hybridized carbons (Fsp3) is 0.545. The van der Waals surface area contributed by atoms with Crippen LogP contribution in [0.4, 0.5) is 0 Å². The average Bonchev–Trinajstić information content (AvgIpc) is 3.02. The maximum Gasteiger partial charge on any atom is 0.193 e. The van der Waals surface area contributed by atoms with Crippen molar-refractivity contribution in [1.82, 2.24) is 20.0 Å². The number of nitrogens with one attached hydrogen (secondary N) is 1. The van der Waals surface area contributed by atoms with Crippen LogP contribution >= 0.6 is 0 Å². The summed E-state index contributed by atoms with van der Waals surface area (Å²) >= 11 is 0. The van der Waals surface area contributed by atoms with Crippen molar-refractivity contribution in [3.63, 3.8) is 0 Å². The highest BCUT2D eigenvalue weighted by molar-refractivity contribution is 5.79. The van der Waals surface area contributed by atoms with Gasteiger partial charge >= 0.3 is 0 Å². The van der Waals surface area contributed by atoms with Crippen LogP contribution in [0.3, 0.4) is 0 Å². The third kappa shape index (κ3) is 5.27. The van der Waals surface area contributed by atoms with Crippen molar-refractivity contribution in [2.24, 2.45) is 12.0 Å². The molecule has 6 nitrogen and oxygen atoms in total. The maximum absolute atomic E-state index is 5.37. The largest absolute Gasteiger partial charge is 0.497 e. The summed E-state index contributed by atoms with van der Waals surface area (Å²) in [5, 5.41) is 8.14. The van der Waals surface area contributed by atoms with E-state index in [1.807, 2.05) is 30.9 Å². The number of aromatic nitrogens is 2. The molecule has 0 aliphatic heterocycles. The summed E-state index contributed by atoms with van der Waals surface area (Å²) in [6.45, 7) is 10.3. The van der Waals surface area contributed by atoms with Gasteiger partial charge in [0.25, 0.3) is 0 Å². The number of nitrogens with zero attached hydrogens (tertiary/aromatic N) is 4. The number of hydrogen-bond acceptors (Lipinski definition) is 3. The second-order valence-electron chi connectivity index (χ2n) is 8.24. The SMILES string of the molecule is CN=C(NCC(C)(C)c1cccc(OC)c1)N(C)Cc1cn(C)nc1C(C)C. The van der Waals surface area contributed by atoms with Crippen molar-refractivity contribution in [3.05, 3.63) is 47.3 Å². The summed E-state index contributed by atoms with van der Waals surface area (Å²) in [6, 6.07) is 8.24. The van der Waals surface area contributed by atoms with Gasteiger partial charge in [-0.15, -0.1) is 0 Å². The van der Waals surface area contributed by atoms with Crippen LogP contribution in [0.5, 0.6) is 5.75 Å². The molecule has 0 aliphatic rings. The molecular weight excluding hydrogens is 350 g/mol. The maximum atomic E-state index is 5.37. The minimum Gasteiger partial charge on any atom is -0.497 e. The lowest BCUT2D eigenvalue weighted by atomic mass is 9.84. The van der Waals surface area contributed by atoms with E-state index in [0.29, 0.717) is 5.92 Å². The highest BCUT2D eigenvalue weighted by atomic mass is 16.5. The second-order valence-corrected chi connectivity index (χ2v) is 8.24. The quantitative estimate of drug-likeness (QED) is 0.585. The molecule has 1 aromatic heterocycles. The van der Waals surface area contributed by atoms with E-state index in [4.69, 9.17) is 4.74 Å². The molecule has 0 spiro atoms. The smallest absolute Gasteiger partial charge is 0.193 e. The lowest BCUT2D eigenvalue weighted by molar-refractivity contribution is 0.410. The molecule has 2 rings (SSSR count). The molecule has 6 heteroatoms. The minimum absolute atomic E-state index is 0.0668. The van der Waals surface area contributed by atoms with Gasteiger partial charge in [0.05, 0.1) is 12.8 Å². The predicted octanol–water partition coefficient (Wildman–Crippen LogP) is 3.54. The number of guanidine groups is 1. The molecule has 0 saturated carbocycles. The molecule has 1 N–H and O–H groups in total. The third-order valence-electron chi connectivity index (χ3n) is 5.00. The van der Waals surface area contributed by atoms with Crippen LogP contribution < -0.4 is 10.1 Å². The van der Waals surface area contributed by atoms with Gasteiger partial charge in [-0.3, -0.25) is 9.67 Å². The van der Waals surface area contributed by atoms with Gasteiger partial charge in [-0.1, -0.05) is 39.8 Å². The number of methoxy groups -OCH3 is 1. The van der Waals surface area contributed by atoms with Gasteiger partial charge < -0.3 is 15.0 Å². The Kier molecular flexibility index (Phi) is 7.11. The van der Waals surface area contributed by atoms with E-state index < -0.39 is 0 Å². The molecule has 0 atom stereocenters. The molecule has 2 aromatic rings. The fourth-order valence-electron chi connectivity index (χ4n) is 3.32. The Morgan fingerprint density at radius 2 is 2.07 bits per heavy atom. The van der Waals surface area contributed by atoms with Crippen LogP contribution in [-0.4, -0.2) is 48.4 Å². The van der Waals surface area contributed by atoms with Crippen molar-refractivity contribution >= 4 is 5.96 Å². The topological polar surface area (TPSA) is 54.7 Å². The lowest BCUT2D eigenvalue weighted by Crippen LogP contribution is -2.44. The monoisotopic (exact) mass is 385 g/mol. The molecule has 1 heterocycles. The molecule has 0 saturated heterocycles. The Morgan fingerprint density at radius 1 is 1.36 bits per heavy atom. The van der Waals surface area contributed by atoms with E-state index in [1.54, 1.807) is 7.11 Å². The molecule has 154 valence electrons. The number of ether oxygens (including phenoxy) is 1. The highest BCUT2D eigenvalue weighted by Gasteiger charge is 2.23. The first-order valence-corrected chi connectivity index (χ1v) is 9.76. The molecular formula is C22H35N5O. The van der Waals surface area contributed by atoms with Gasteiger partial charge in [0.15, 0.2) is 5.96 Å². The summed E-state index contributed by atoms with van der Waals surface area (Å²) in [5.74, 6) is 2.14. The molecule has 28 heavy (non-hydrogen) atoms. The standard InChI is InChI=1S/C22H35N5O/c1-16(2)20-17(14-27(7)25-20)13-26(6)21(23-5)24-15-22(3,4)18-10-9-11-19(12-18)28-8/h9-12,14,16H,13,15H2,1-8H3,(H,23,24). The zero-order valence-corrected chi connectivity index (χ0v) is 18.6. The van der Waals surface area contributed by atoms with E-state index in [-0.39, 0.29) is 5.41 Å². The van der Waals surface area contributed by atoms with Crippen molar-refractivity contribution < 1.29 is 4.74 Å². The van der Waals surface area contributed by atoms with Crippen LogP contribution in [0, 0.1) is 0 Å². The molecule has 1 aromatic carbocycles. The summed E-state index contributed by atoms with van der Waals surface area (Å²) in [4.78, 5) is 6.62. The molecule has 0 fully saturated rings. The Balaban J connectivity index is 2.07. The zero-order valence-electron chi connectivity index (χ0n) is 18.6. The van der Waals surface area contributed by atoms with Gasteiger partial charge in [0, 0.05) is 51.4 Å². The number of rotatable bonds is 7. The van der Waals surface area contributed by atoms with Gasteiger partial charge in [-0.2, -0.15) is 5.10 Å². The van der Waals surface area contributed by atoms with Crippen molar-refractivity contribution in [3.8, 4) is 5.75 Å². The number of aliphatic imine (C=N–C) groups is 1. The molecule has 0 aliphatic carbocycles. The first kappa shape index (κ1) is 21.8. The van der Waals surface area contributed by atoms with Crippen molar-refractivity contribution in [2.75, 3.05) is 27.7 Å². The molecule has 0 unspecified atom stereocenters. The Labute approximate surface area is 169 Å². The molecule has 0 amide bonds. The summed E-state index contributed by atoms with van der Waals surface area (Å²) in [7, 11) is 7.55. The third-order valence-corrected chi connectivity index (χ3v) is 5.00. The van der Waals surface area contributed by atoms with Crippen LogP contribution in [0.1, 0.15) is 50.4 Å². The Hall–Kier alpha value is -2.50. The number of hydrogen-bond donors (Lipinski definition) is 1. The Morgan fingerprint density at radius 3 is 2.68 bits per heavy atom. The van der Waals surface area contributed by atoms with E-state index in [2.05, 4.69) is 73.4 Å². The summed E-state index contributed by atoms with van der Waals surface area (Å²) in [5.41, 5.74) is 3.53. The lowest BCUT2D eigenvalue weighted by Gasteiger charge is -2.29. The predicted molar refractivity (Wildman–Crippen MR) is 116 cm³/mol. The molecule has 0 radical (unpaired) electrons. The fourth-order valence-corrected chi connectivity index (χ4v) is 3.32. The van der Waals surface area contributed by atoms with E-state index in [1.165, 1.54) is 11.1 Å². The highest BCUT2D eigenvalue weighted by Crippen LogP contribution is 2.26.